The molecule has 0 spiro atoms. The molecular weight excluding hydrogens is 665 g/mol. The van der Waals surface area contributed by atoms with Crippen LogP contribution in [0.2, 0.25) is 0 Å². The standard InChI is InChI=1S/C48H30N4S/c1-4-12-31(13-5-1)33-20-24-36(25-21-33)47-50-46(35-16-8-3-9-17-35)51-48(52-47)37-26-22-34(23-27-37)44-43-40-18-10-11-19-42(40)53-45(43)39-29-28-38(30-41(39)49-44)32-14-6-2-7-15-32/h1-30H. The molecule has 10 rings (SSSR count). The van der Waals surface area contributed by atoms with E-state index in [4.69, 9.17) is 19.9 Å². The van der Waals surface area contributed by atoms with Crippen LogP contribution in [0.5, 0.6) is 0 Å². The summed E-state index contributed by atoms with van der Waals surface area (Å²) < 4.78 is 2.51. The summed E-state index contributed by atoms with van der Waals surface area (Å²) in [6, 6.07) is 63.2. The zero-order valence-corrected chi connectivity index (χ0v) is 29.3. The number of hydrogen-bond acceptors (Lipinski definition) is 5. The Morgan fingerprint density at radius 3 is 1.36 bits per heavy atom. The molecule has 53 heavy (non-hydrogen) atoms. The summed E-state index contributed by atoms with van der Waals surface area (Å²) in [4.78, 5) is 20.4. The minimum Gasteiger partial charge on any atom is -0.247 e. The Kier molecular flexibility index (Phi) is 7.63. The third-order valence-electron chi connectivity index (χ3n) is 9.75. The van der Waals surface area contributed by atoms with Gasteiger partial charge in [-0.25, -0.2) is 19.9 Å². The fraction of sp³-hybridized carbons (Fsp3) is 0. The second-order valence-electron chi connectivity index (χ2n) is 13.1. The van der Waals surface area contributed by atoms with Crippen LogP contribution >= 0.6 is 11.3 Å². The molecule has 0 unspecified atom stereocenters. The molecule has 0 aliphatic carbocycles. The van der Waals surface area contributed by atoms with Crippen LogP contribution in [-0.4, -0.2) is 19.9 Å². The van der Waals surface area contributed by atoms with Crippen LogP contribution < -0.4 is 0 Å². The van der Waals surface area contributed by atoms with Crippen LogP contribution in [0, 0.1) is 0 Å². The first kappa shape index (κ1) is 31.0. The second-order valence-corrected chi connectivity index (χ2v) is 14.1. The quantitative estimate of drug-likeness (QED) is 0.174. The predicted octanol–water partition coefficient (Wildman–Crippen LogP) is 12.8. The first-order valence-electron chi connectivity index (χ1n) is 17.6. The van der Waals surface area contributed by atoms with Gasteiger partial charge in [0.25, 0.3) is 0 Å². The fourth-order valence-electron chi connectivity index (χ4n) is 7.05. The molecule has 0 N–H and O–H groups in total. The zero-order valence-electron chi connectivity index (χ0n) is 28.5. The maximum Gasteiger partial charge on any atom is 0.164 e. The molecule has 0 atom stereocenters. The smallest absolute Gasteiger partial charge is 0.164 e. The Hall–Kier alpha value is -6.82. The second kappa shape index (κ2) is 13.1. The van der Waals surface area contributed by atoms with Crippen LogP contribution in [-0.2, 0) is 0 Å². The van der Waals surface area contributed by atoms with Crippen LogP contribution in [0.4, 0.5) is 0 Å². The summed E-state index contributed by atoms with van der Waals surface area (Å²) in [6.45, 7) is 0. The topological polar surface area (TPSA) is 51.6 Å². The van der Waals surface area contributed by atoms with Crippen molar-refractivity contribution >= 4 is 42.4 Å². The molecule has 0 bridgehead atoms. The summed E-state index contributed by atoms with van der Waals surface area (Å²) in [5.74, 6) is 1.89. The van der Waals surface area contributed by atoms with E-state index in [0.29, 0.717) is 17.5 Å². The Bertz CT molecular complexity index is 2900. The van der Waals surface area contributed by atoms with E-state index in [-0.39, 0.29) is 0 Å². The summed E-state index contributed by atoms with van der Waals surface area (Å²) >= 11 is 1.83. The highest BCUT2D eigenvalue weighted by Crippen LogP contribution is 2.43. The summed E-state index contributed by atoms with van der Waals surface area (Å²) in [5.41, 5.74) is 10.4. The molecule has 0 amide bonds. The van der Waals surface area contributed by atoms with Gasteiger partial charge in [0, 0.05) is 47.8 Å². The van der Waals surface area contributed by atoms with E-state index in [9.17, 15) is 0 Å². The molecule has 5 heteroatoms. The minimum atomic E-state index is 0.623. The fourth-order valence-corrected chi connectivity index (χ4v) is 8.29. The number of nitrogens with zero attached hydrogens (tertiary/aromatic N) is 4. The van der Waals surface area contributed by atoms with Gasteiger partial charge in [-0.3, -0.25) is 0 Å². The van der Waals surface area contributed by atoms with Crippen molar-refractivity contribution < 1.29 is 0 Å². The number of rotatable bonds is 6. The summed E-state index contributed by atoms with van der Waals surface area (Å²) in [6.07, 6.45) is 0. The van der Waals surface area contributed by atoms with Crippen molar-refractivity contribution in [3.05, 3.63) is 182 Å². The van der Waals surface area contributed by atoms with Gasteiger partial charge in [-0.1, -0.05) is 170 Å². The number of hydrogen-bond donors (Lipinski definition) is 0. The third-order valence-corrected chi connectivity index (χ3v) is 11.0. The van der Waals surface area contributed by atoms with E-state index >= 15 is 0 Å². The first-order valence-corrected chi connectivity index (χ1v) is 18.5. The Labute approximate surface area is 310 Å². The van der Waals surface area contributed by atoms with Crippen LogP contribution in [0.3, 0.4) is 0 Å². The molecule has 4 nitrogen and oxygen atoms in total. The van der Waals surface area contributed by atoms with Gasteiger partial charge in [-0.15, -0.1) is 11.3 Å². The molecule has 0 aliphatic rings. The van der Waals surface area contributed by atoms with Crippen molar-refractivity contribution in [2.45, 2.75) is 0 Å². The molecule has 0 saturated carbocycles. The van der Waals surface area contributed by atoms with E-state index < -0.39 is 0 Å². The van der Waals surface area contributed by atoms with Crippen LogP contribution in [0.1, 0.15) is 0 Å². The molecule has 3 aromatic heterocycles. The van der Waals surface area contributed by atoms with Gasteiger partial charge in [-0.2, -0.15) is 0 Å². The molecular formula is C48H30N4S. The molecule has 0 radical (unpaired) electrons. The van der Waals surface area contributed by atoms with Crippen molar-refractivity contribution in [3.63, 3.8) is 0 Å². The Morgan fingerprint density at radius 2 is 0.755 bits per heavy atom. The zero-order chi connectivity index (χ0) is 35.1. The lowest BCUT2D eigenvalue weighted by molar-refractivity contribution is 1.07. The normalized spacial score (nSPS) is 11.4. The molecule has 3 heterocycles. The highest BCUT2D eigenvalue weighted by molar-refractivity contribution is 7.26. The molecule has 0 saturated heterocycles. The predicted molar refractivity (Wildman–Crippen MR) is 221 cm³/mol. The maximum atomic E-state index is 5.39. The highest BCUT2D eigenvalue weighted by Gasteiger charge is 2.18. The van der Waals surface area contributed by atoms with Gasteiger partial charge in [0.2, 0.25) is 0 Å². The lowest BCUT2D eigenvalue weighted by atomic mass is 9.99. The van der Waals surface area contributed by atoms with Gasteiger partial charge < -0.3 is 0 Å². The third kappa shape index (κ3) is 5.74. The summed E-state index contributed by atoms with van der Waals surface area (Å²) in [7, 11) is 0. The number of fused-ring (bicyclic) bond motifs is 5. The van der Waals surface area contributed by atoms with Crippen molar-refractivity contribution in [3.8, 4) is 67.7 Å². The molecule has 0 aliphatic heterocycles. The van der Waals surface area contributed by atoms with E-state index in [1.54, 1.807) is 0 Å². The molecule has 7 aromatic carbocycles. The Morgan fingerprint density at radius 1 is 0.321 bits per heavy atom. The van der Waals surface area contributed by atoms with E-state index in [1.807, 2.05) is 47.7 Å². The largest absolute Gasteiger partial charge is 0.247 e. The first-order chi connectivity index (χ1) is 26.2. The Balaban J connectivity index is 1.09. The van der Waals surface area contributed by atoms with Crippen molar-refractivity contribution in [1.29, 1.82) is 0 Å². The molecule has 248 valence electrons. The molecule has 0 fully saturated rings. The lowest BCUT2D eigenvalue weighted by Gasteiger charge is -2.11. The number of benzene rings is 7. The molecule has 10 aromatic rings. The highest BCUT2D eigenvalue weighted by atomic mass is 32.1. The summed E-state index contributed by atoms with van der Waals surface area (Å²) in [5, 5.41) is 3.58. The van der Waals surface area contributed by atoms with Gasteiger partial charge in [0.15, 0.2) is 17.5 Å². The van der Waals surface area contributed by atoms with E-state index in [2.05, 4.69) is 146 Å². The van der Waals surface area contributed by atoms with E-state index in [0.717, 1.165) is 44.6 Å². The van der Waals surface area contributed by atoms with Gasteiger partial charge in [0.1, 0.15) is 0 Å². The van der Waals surface area contributed by atoms with Crippen molar-refractivity contribution in [2.24, 2.45) is 0 Å². The monoisotopic (exact) mass is 694 g/mol. The van der Waals surface area contributed by atoms with Crippen molar-refractivity contribution in [1.82, 2.24) is 19.9 Å². The average molecular weight is 695 g/mol. The SMILES string of the molecule is c1ccc(-c2ccc(-c3nc(-c4ccccc4)nc(-c4ccc(-c5nc6cc(-c7ccccc7)ccc6c6sc7ccccc7c56)cc4)n3)cc2)cc1. The van der Waals surface area contributed by atoms with Crippen molar-refractivity contribution in [2.75, 3.05) is 0 Å². The van der Waals surface area contributed by atoms with Crippen LogP contribution in [0.25, 0.3) is 98.7 Å². The van der Waals surface area contributed by atoms with E-state index in [1.165, 1.54) is 36.7 Å². The minimum absolute atomic E-state index is 0.623. The van der Waals surface area contributed by atoms with Gasteiger partial charge >= 0.3 is 0 Å². The number of aromatic nitrogens is 4. The number of pyridine rings is 1. The van der Waals surface area contributed by atoms with Gasteiger partial charge in [0.05, 0.1) is 11.2 Å². The maximum absolute atomic E-state index is 5.39. The van der Waals surface area contributed by atoms with Crippen LogP contribution in [0.15, 0.2) is 182 Å². The number of thiophene rings is 1. The lowest BCUT2D eigenvalue weighted by Crippen LogP contribution is -2.00. The average Bonchev–Trinajstić information content (AvgIpc) is 3.64. The van der Waals surface area contributed by atoms with Gasteiger partial charge in [-0.05, 0) is 34.4 Å².